The Hall–Kier alpha value is -1.03. The monoisotopic (exact) mass is 259 g/mol. The van der Waals surface area contributed by atoms with Gasteiger partial charge in [-0.15, -0.1) is 13.2 Å². The molecule has 92 valence electrons. The van der Waals surface area contributed by atoms with Gasteiger partial charge in [-0.25, -0.2) is 0 Å². The first kappa shape index (κ1) is 12.4. The molecule has 1 atom stereocenters. The number of alkyl halides is 3. The molecular formula is C13H14F3S+. The SMILES string of the molecule is CCCc1cc2cc(C)ccc2[s+]1C(F)(F)F. The third kappa shape index (κ3) is 2.32. The van der Waals surface area contributed by atoms with Crippen molar-refractivity contribution in [1.82, 2.24) is 0 Å². The van der Waals surface area contributed by atoms with Crippen LogP contribution in [0.1, 0.15) is 23.8 Å². The molecule has 1 aromatic heterocycles. The molecule has 1 unspecified atom stereocenters. The van der Waals surface area contributed by atoms with Gasteiger partial charge >= 0.3 is 5.51 Å². The molecule has 0 saturated heterocycles. The van der Waals surface area contributed by atoms with E-state index in [1.165, 1.54) is 0 Å². The Morgan fingerprint density at radius 3 is 2.47 bits per heavy atom. The second-order valence-corrected chi connectivity index (χ2v) is 6.19. The number of fused-ring (bicyclic) bond motifs is 1. The van der Waals surface area contributed by atoms with Crippen molar-refractivity contribution in [1.29, 1.82) is 0 Å². The first-order valence-corrected chi connectivity index (χ1v) is 6.78. The maximum atomic E-state index is 13.1. The summed E-state index contributed by atoms with van der Waals surface area (Å²) in [4.78, 5) is 0.528. The van der Waals surface area contributed by atoms with Crippen molar-refractivity contribution in [2.75, 3.05) is 0 Å². The van der Waals surface area contributed by atoms with Crippen molar-refractivity contribution in [3.8, 4) is 0 Å². The Morgan fingerprint density at radius 2 is 1.88 bits per heavy atom. The fourth-order valence-electron chi connectivity index (χ4n) is 2.03. The van der Waals surface area contributed by atoms with Crippen molar-refractivity contribution in [2.24, 2.45) is 0 Å². The Balaban J connectivity index is 2.71. The summed E-state index contributed by atoms with van der Waals surface area (Å²) < 4.78 is 39.7. The largest absolute Gasteiger partial charge is 0.600 e. The first-order valence-electron chi connectivity index (χ1n) is 5.56. The zero-order valence-corrected chi connectivity index (χ0v) is 10.6. The molecule has 2 rings (SSSR count). The van der Waals surface area contributed by atoms with Gasteiger partial charge in [0.2, 0.25) is 0 Å². The van der Waals surface area contributed by atoms with Gasteiger partial charge in [-0.05, 0) is 25.5 Å². The van der Waals surface area contributed by atoms with Gasteiger partial charge in [0.15, 0.2) is 9.58 Å². The van der Waals surface area contributed by atoms with Crippen LogP contribution in [0.5, 0.6) is 0 Å². The molecule has 0 radical (unpaired) electrons. The van der Waals surface area contributed by atoms with Crippen molar-refractivity contribution in [3.63, 3.8) is 0 Å². The number of hydrogen-bond donors (Lipinski definition) is 0. The summed E-state index contributed by atoms with van der Waals surface area (Å²) in [5, 5.41) is 0.745. The van der Waals surface area contributed by atoms with E-state index < -0.39 is 16.0 Å². The first-order chi connectivity index (χ1) is 7.93. The summed E-state index contributed by atoms with van der Waals surface area (Å²) in [5.74, 6) is 0. The Bertz CT molecular complexity index is 537. The van der Waals surface area contributed by atoms with Crippen LogP contribution in [-0.4, -0.2) is 0 Å². The second kappa shape index (κ2) is 4.33. The summed E-state index contributed by atoms with van der Waals surface area (Å²) in [6.07, 6.45) is 1.27. The zero-order chi connectivity index (χ0) is 12.6. The van der Waals surface area contributed by atoms with E-state index in [1.54, 1.807) is 18.2 Å². The molecular weight excluding hydrogens is 245 g/mol. The van der Waals surface area contributed by atoms with Gasteiger partial charge in [0.1, 0.15) is 0 Å². The summed E-state index contributed by atoms with van der Waals surface area (Å²) in [5.41, 5.74) is -3.15. The number of thiophene rings is 1. The van der Waals surface area contributed by atoms with Crippen LogP contribution in [0.3, 0.4) is 0 Å². The highest BCUT2D eigenvalue weighted by Crippen LogP contribution is 2.51. The van der Waals surface area contributed by atoms with Crippen molar-refractivity contribution in [3.05, 3.63) is 34.7 Å². The molecule has 0 aliphatic rings. The summed E-state index contributed by atoms with van der Waals surface area (Å²) in [6, 6.07) is 6.94. The second-order valence-electron chi connectivity index (χ2n) is 4.15. The van der Waals surface area contributed by atoms with E-state index in [1.807, 2.05) is 19.9 Å². The van der Waals surface area contributed by atoms with Gasteiger partial charge in [0, 0.05) is 17.9 Å². The van der Waals surface area contributed by atoms with Gasteiger partial charge < -0.3 is 0 Å². The number of halogens is 3. The Morgan fingerprint density at radius 1 is 1.18 bits per heavy atom. The van der Waals surface area contributed by atoms with Crippen molar-refractivity contribution < 1.29 is 13.2 Å². The molecule has 1 aromatic carbocycles. The van der Waals surface area contributed by atoms with Crippen LogP contribution >= 0.6 is 10.5 Å². The van der Waals surface area contributed by atoms with Crippen LogP contribution < -0.4 is 0 Å². The van der Waals surface area contributed by atoms with E-state index in [9.17, 15) is 13.2 Å². The van der Waals surface area contributed by atoms with E-state index in [0.717, 1.165) is 17.4 Å². The standard InChI is InChI=1S/C13H14F3S/c1-3-4-11-8-10-7-9(2)5-6-12(10)17(11)13(14,15)16/h5-8H,3-4H2,1-2H3/q+1. The van der Waals surface area contributed by atoms with Gasteiger partial charge in [0.25, 0.3) is 0 Å². The summed E-state index contributed by atoms with van der Waals surface area (Å²) >= 11 is 0. The van der Waals surface area contributed by atoms with Gasteiger partial charge in [0.05, 0.1) is 10.5 Å². The average molecular weight is 259 g/mol. The minimum Gasteiger partial charge on any atom is -0.118 e. The predicted octanol–water partition coefficient (Wildman–Crippen LogP) is 5.33. The highest BCUT2D eigenvalue weighted by Gasteiger charge is 2.47. The van der Waals surface area contributed by atoms with E-state index in [4.69, 9.17) is 0 Å². The Kier molecular flexibility index (Phi) is 3.17. The molecule has 2 aromatic rings. The van der Waals surface area contributed by atoms with Crippen LogP contribution in [0, 0.1) is 6.92 Å². The molecule has 4 heteroatoms. The van der Waals surface area contributed by atoms with Crippen molar-refractivity contribution >= 4 is 20.6 Å². The molecule has 0 aliphatic heterocycles. The normalized spacial score (nSPS) is 13.4. The van der Waals surface area contributed by atoms with Crippen LogP contribution in [0.25, 0.3) is 10.1 Å². The van der Waals surface area contributed by atoms with Crippen LogP contribution in [0.15, 0.2) is 24.3 Å². The van der Waals surface area contributed by atoms with Crippen molar-refractivity contribution in [2.45, 2.75) is 32.2 Å². The molecule has 0 saturated carbocycles. The highest BCUT2D eigenvalue weighted by molar-refractivity contribution is 7.38. The maximum Gasteiger partial charge on any atom is 0.600 e. The predicted molar refractivity (Wildman–Crippen MR) is 66.5 cm³/mol. The quantitative estimate of drug-likeness (QED) is 0.640. The van der Waals surface area contributed by atoms with E-state index in [2.05, 4.69) is 0 Å². The lowest BCUT2D eigenvalue weighted by Gasteiger charge is -1.99. The lowest BCUT2D eigenvalue weighted by Crippen LogP contribution is -1.98. The zero-order valence-electron chi connectivity index (χ0n) is 9.77. The minimum atomic E-state index is -4.15. The number of rotatable bonds is 2. The average Bonchev–Trinajstić information content (AvgIpc) is 2.54. The van der Waals surface area contributed by atoms with E-state index in [-0.39, 0.29) is 0 Å². The van der Waals surface area contributed by atoms with Crippen LogP contribution in [0.4, 0.5) is 13.2 Å². The van der Waals surface area contributed by atoms with Crippen LogP contribution in [-0.2, 0) is 11.9 Å². The van der Waals surface area contributed by atoms with Gasteiger partial charge in [-0.3, -0.25) is 0 Å². The molecule has 0 fully saturated rings. The van der Waals surface area contributed by atoms with E-state index in [0.29, 0.717) is 16.0 Å². The molecule has 0 bridgehead atoms. The van der Waals surface area contributed by atoms with Crippen LogP contribution in [0.2, 0.25) is 0 Å². The van der Waals surface area contributed by atoms with Gasteiger partial charge in [-0.2, -0.15) is 0 Å². The molecule has 0 amide bonds. The maximum absolute atomic E-state index is 13.1. The number of hydrogen-bond acceptors (Lipinski definition) is 0. The fourth-order valence-corrected chi connectivity index (χ4v) is 4.07. The molecule has 0 N–H and O–H groups in total. The third-order valence-electron chi connectivity index (χ3n) is 2.69. The topological polar surface area (TPSA) is 0 Å². The van der Waals surface area contributed by atoms with E-state index >= 15 is 0 Å². The lowest BCUT2D eigenvalue weighted by molar-refractivity contribution is -0.0867. The fraction of sp³-hybridized carbons (Fsp3) is 0.385. The number of benzene rings is 1. The summed E-state index contributed by atoms with van der Waals surface area (Å²) in [6.45, 7) is 3.81. The molecule has 0 spiro atoms. The molecule has 1 heterocycles. The number of aryl methyl sites for hydroxylation is 2. The highest BCUT2D eigenvalue weighted by atomic mass is 32.2. The Labute approximate surface area is 101 Å². The third-order valence-corrected chi connectivity index (χ3v) is 4.81. The molecule has 0 aliphatic carbocycles. The van der Waals surface area contributed by atoms with Gasteiger partial charge in [-0.1, -0.05) is 18.6 Å². The smallest absolute Gasteiger partial charge is 0.118 e. The molecule has 17 heavy (non-hydrogen) atoms. The summed E-state index contributed by atoms with van der Waals surface area (Å²) in [7, 11) is -1.70. The minimum absolute atomic E-state index is 0.437. The molecule has 0 nitrogen and oxygen atoms in total. The lowest BCUT2D eigenvalue weighted by atomic mass is 10.2.